The van der Waals surface area contributed by atoms with Crippen molar-refractivity contribution in [2.45, 2.75) is 20.3 Å². The fourth-order valence-electron chi connectivity index (χ4n) is 0.439. The molecule has 0 aliphatic carbocycles. The number of rotatable bonds is 6. The minimum absolute atomic E-state index is 0.844. The Morgan fingerprint density at radius 3 is 2.60 bits per heavy atom. The van der Waals surface area contributed by atoms with Gasteiger partial charge in [-0.2, -0.15) is 0 Å². The minimum Gasteiger partial charge on any atom is -0.102 e. The van der Waals surface area contributed by atoms with Crippen LogP contribution in [0.5, 0.6) is 0 Å². The van der Waals surface area contributed by atoms with Gasteiger partial charge in [0.25, 0.3) is 0 Å². The molecule has 0 unspecified atom stereocenters. The van der Waals surface area contributed by atoms with Crippen molar-refractivity contribution in [2.24, 2.45) is 5.92 Å². The zero-order valence-electron chi connectivity index (χ0n) is 6.80. The molecule has 0 saturated heterocycles. The summed E-state index contributed by atoms with van der Waals surface area (Å²) >= 11 is 0. The Morgan fingerprint density at radius 2 is 2.10 bits per heavy atom. The van der Waals surface area contributed by atoms with Crippen molar-refractivity contribution in [3.05, 3.63) is 12.7 Å². The van der Waals surface area contributed by atoms with Crippen LogP contribution >= 0.6 is 21.6 Å². The lowest BCUT2D eigenvalue weighted by molar-refractivity contribution is 0.633. The van der Waals surface area contributed by atoms with Crippen molar-refractivity contribution in [1.82, 2.24) is 0 Å². The Hall–Kier alpha value is 0.440. The minimum atomic E-state index is 0.844. The van der Waals surface area contributed by atoms with E-state index in [2.05, 4.69) is 20.4 Å². The molecule has 0 amide bonds. The maximum absolute atomic E-state index is 3.66. The molecule has 60 valence electrons. The lowest BCUT2D eigenvalue weighted by Gasteiger charge is -2.01. The summed E-state index contributed by atoms with van der Waals surface area (Å²) in [5.41, 5.74) is 0. The molecule has 0 heterocycles. The maximum Gasteiger partial charge on any atom is 0.0215 e. The average Bonchev–Trinajstić information content (AvgIpc) is 1.87. The van der Waals surface area contributed by atoms with Gasteiger partial charge in [-0.3, -0.25) is 0 Å². The Kier molecular flexibility index (Phi) is 7.88. The summed E-state index contributed by atoms with van der Waals surface area (Å²) in [5, 5.41) is 0. The van der Waals surface area contributed by atoms with E-state index in [4.69, 9.17) is 0 Å². The van der Waals surface area contributed by atoms with Gasteiger partial charge in [-0.15, -0.1) is 6.58 Å². The molecule has 0 bridgehead atoms. The van der Waals surface area contributed by atoms with E-state index in [0.717, 1.165) is 11.7 Å². The molecule has 0 atom stereocenters. The molecule has 0 fully saturated rings. The molecule has 0 N–H and O–H groups in total. The van der Waals surface area contributed by atoms with Crippen LogP contribution in [0.25, 0.3) is 0 Å². The van der Waals surface area contributed by atoms with Crippen molar-refractivity contribution < 1.29 is 0 Å². The fourth-order valence-corrected chi connectivity index (χ4v) is 2.54. The zero-order chi connectivity index (χ0) is 7.82. The van der Waals surface area contributed by atoms with Gasteiger partial charge in [0.1, 0.15) is 0 Å². The van der Waals surface area contributed by atoms with Crippen molar-refractivity contribution in [3.8, 4) is 0 Å². The second-order valence-corrected chi connectivity index (χ2v) is 5.20. The third-order valence-corrected chi connectivity index (χ3v) is 3.40. The van der Waals surface area contributed by atoms with E-state index >= 15 is 0 Å². The van der Waals surface area contributed by atoms with Crippen LogP contribution in [0.2, 0.25) is 0 Å². The molecule has 0 rings (SSSR count). The summed E-state index contributed by atoms with van der Waals surface area (Å²) in [4.78, 5) is 0. The SMILES string of the molecule is C=CCSSCCC(C)C. The topological polar surface area (TPSA) is 0 Å². The lowest BCUT2D eigenvalue weighted by Crippen LogP contribution is -1.87. The van der Waals surface area contributed by atoms with Crippen molar-refractivity contribution in [3.63, 3.8) is 0 Å². The maximum atomic E-state index is 3.66. The molecule has 0 spiro atoms. The van der Waals surface area contributed by atoms with Gasteiger partial charge in [-0.1, -0.05) is 41.5 Å². The van der Waals surface area contributed by atoms with E-state index < -0.39 is 0 Å². The molecule has 0 radical (unpaired) electrons. The summed E-state index contributed by atoms with van der Waals surface area (Å²) in [7, 11) is 3.85. The van der Waals surface area contributed by atoms with Crippen LogP contribution < -0.4 is 0 Å². The molecule has 0 aliphatic rings. The Labute approximate surface area is 72.3 Å². The van der Waals surface area contributed by atoms with Gasteiger partial charge in [-0.05, 0) is 12.3 Å². The van der Waals surface area contributed by atoms with E-state index in [0.29, 0.717) is 0 Å². The molecule has 0 aliphatic heterocycles. The van der Waals surface area contributed by atoms with E-state index in [1.807, 2.05) is 27.7 Å². The predicted molar refractivity (Wildman–Crippen MR) is 54.6 cm³/mol. The molecule has 10 heavy (non-hydrogen) atoms. The molecule has 0 aromatic rings. The smallest absolute Gasteiger partial charge is 0.0215 e. The van der Waals surface area contributed by atoms with E-state index in [9.17, 15) is 0 Å². The highest BCUT2D eigenvalue weighted by Gasteiger charge is 1.92. The molecule has 0 saturated carbocycles. The first-order valence-electron chi connectivity index (χ1n) is 3.62. The van der Waals surface area contributed by atoms with Crippen LogP contribution in [0.1, 0.15) is 20.3 Å². The fraction of sp³-hybridized carbons (Fsp3) is 0.750. The van der Waals surface area contributed by atoms with Crippen molar-refractivity contribution in [1.29, 1.82) is 0 Å². The second-order valence-electron chi connectivity index (χ2n) is 2.58. The third-order valence-electron chi connectivity index (χ3n) is 1.05. The van der Waals surface area contributed by atoms with Gasteiger partial charge < -0.3 is 0 Å². The van der Waals surface area contributed by atoms with E-state index in [1.165, 1.54) is 12.2 Å². The van der Waals surface area contributed by atoms with Gasteiger partial charge in [-0.25, -0.2) is 0 Å². The number of hydrogen-bond acceptors (Lipinski definition) is 2. The summed E-state index contributed by atoms with van der Waals surface area (Å²) < 4.78 is 0. The first kappa shape index (κ1) is 10.4. The van der Waals surface area contributed by atoms with Crippen LogP contribution in [0.3, 0.4) is 0 Å². The van der Waals surface area contributed by atoms with Crippen LogP contribution in [0, 0.1) is 5.92 Å². The van der Waals surface area contributed by atoms with Crippen molar-refractivity contribution >= 4 is 21.6 Å². The monoisotopic (exact) mass is 176 g/mol. The Morgan fingerprint density at radius 1 is 1.40 bits per heavy atom. The highest BCUT2D eigenvalue weighted by Crippen LogP contribution is 2.22. The van der Waals surface area contributed by atoms with Gasteiger partial charge >= 0.3 is 0 Å². The zero-order valence-corrected chi connectivity index (χ0v) is 8.43. The summed E-state index contributed by atoms with van der Waals surface area (Å²) in [6.45, 7) is 8.18. The first-order valence-corrected chi connectivity index (χ1v) is 6.11. The van der Waals surface area contributed by atoms with E-state index in [1.54, 1.807) is 0 Å². The molecule has 2 heteroatoms. The van der Waals surface area contributed by atoms with Crippen LogP contribution in [0.15, 0.2) is 12.7 Å². The molecular formula is C8H16S2. The van der Waals surface area contributed by atoms with Gasteiger partial charge in [0.05, 0.1) is 0 Å². The van der Waals surface area contributed by atoms with Crippen molar-refractivity contribution in [2.75, 3.05) is 11.5 Å². The van der Waals surface area contributed by atoms with Crippen LogP contribution in [-0.2, 0) is 0 Å². The standard InChI is InChI=1S/C8H16S2/c1-4-6-9-10-7-5-8(2)3/h4,8H,1,5-7H2,2-3H3. The third kappa shape index (κ3) is 8.44. The van der Waals surface area contributed by atoms with Gasteiger partial charge in [0, 0.05) is 11.5 Å². The molecule has 0 nitrogen and oxygen atoms in total. The highest BCUT2D eigenvalue weighted by atomic mass is 33.1. The summed E-state index contributed by atoms with van der Waals surface area (Å²) in [6.07, 6.45) is 3.28. The van der Waals surface area contributed by atoms with Gasteiger partial charge in [0.15, 0.2) is 0 Å². The van der Waals surface area contributed by atoms with Crippen LogP contribution in [-0.4, -0.2) is 11.5 Å². The molecular weight excluding hydrogens is 160 g/mol. The lowest BCUT2D eigenvalue weighted by atomic mass is 10.2. The Balaban J connectivity index is 2.83. The molecule has 0 aromatic heterocycles. The highest BCUT2D eigenvalue weighted by molar-refractivity contribution is 8.76. The average molecular weight is 176 g/mol. The predicted octanol–water partition coefficient (Wildman–Crippen LogP) is 3.60. The first-order chi connectivity index (χ1) is 4.77. The quantitative estimate of drug-likeness (QED) is 0.344. The van der Waals surface area contributed by atoms with Crippen LogP contribution in [0.4, 0.5) is 0 Å². The summed E-state index contributed by atoms with van der Waals surface area (Å²) in [6, 6.07) is 0. The van der Waals surface area contributed by atoms with E-state index in [-0.39, 0.29) is 0 Å². The second kappa shape index (κ2) is 7.55. The largest absolute Gasteiger partial charge is 0.102 e. The van der Waals surface area contributed by atoms with Gasteiger partial charge in [0.2, 0.25) is 0 Å². The Bertz CT molecular complexity index is 79.3. The summed E-state index contributed by atoms with van der Waals surface area (Å²) in [5.74, 6) is 3.19. The molecule has 0 aromatic carbocycles. The number of hydrogen-bond donors (Lipinski definition) is 0. The normalized spacial score (nSPS) is 10.3.